The molecule has 11 heteroatoms. The molecule has 4 N–H and O–H groups in total. The fourth-order valence-corrected chi connectivity index (χ4v) is 5.28. The molecule has 2 heterocycles. The molecule has 0 unspecified atom stereocenters. The summed E-state index contributed by atoms with van der Waals surface area (Å²) in [7, 11) is -3.70. The van der Waals surface area contributed by atoms with Crippen molar-refractivity contribution in [2.75, 3.05) is 47.0 Å². The Morgan fingerprint density at radius 2 is 1.89 bits per heavy atom. The van der Waals surface area contributed by atoms with E-state index < -0.39 is 28.0 Å². The molecular weight excluding hydrogens is 496 g/mol. The van der Waals surface area contributed by atoms with Crippen molar-refractivity contribution in [1.82, 2.24) is 4.98 Å². The molecule has 1 saturated heterocycles. The second-order valence-corrected chi connectivity index (χ2v) is 12.4. The van der Waals surface area contributed by atoms with Gasteiger partial charge in [-0.2, -0.15) is 4.98 Å². The Hall–Kier alpha value is -2.89. The number of aliphatic hydroxyl groups excluding tert-OH is 1. The topological polar surface area (TPSA) is 141 Å². The number of pyridine rings is 1. The number of nitrogens with zero attached hydrogens (tertiary/aromatic N) is 2. The van der Waals surface area contributed by atoms with Crippen molar-refractivity contribution in [3.8, 4) is 5.88 Å². The lowest BCUT2D eigenvalue weighted by atomic mass is 9.93. The monoisotopic (exact) mass is 532 g/mol. The summed E-state index contributed by atoms with van der Waals surface area (Å²) in [6.07, 6.45) is 5.00. The fraction of sp³-hybridized carbons (Fsp3) is 0.538. The zero-order valence-corrected chi connectivity index (χ0v) is 22.2. The van der Waals surface area contributed by atoms with E-state index in [1.54, 1.807) is 50.2 Å². The Morgan fingerprint density at radius 3 is 2.54 bits per heavy atom. The largest absolute Gasteiger partial charge is 0.477 e. The molecule has 4 rings (SSSR count). The lowest BCUT2D eigenvalue weighted by molar-refractivity contribution is 0.0547. The number of ether oxygens (including phenoxy) is 1. The average molecular weight is 533 g/mol. The normalized spacial score (nSPS) is 16.9. The molecule has 0 bridgehead atoms. The third-order valence-electron chi connectivity index (χ3n) is 6.93. The van der Waals surface area contributed by atoms with Crippen molar-refractivity contribution in [3.63, 3.8) is 0 Å². The molecule has 1 amide bonds. The van der Waals surface area contributed by atoms with Crippen LogP contribution >= 0.6 is 0 Å². The quantitative estimate of drug-likeness (QED) is 0.346. The van der Waals surface area contributed by atoms with Crippen LogP contribution in [0.2, 0.25) is 0 Å². The van der Waals surface area contributed by atoms with Crippen LogP contribution in [0.4, 0.5) is 17.2 Å². The molecule has 2 aliphatic rings. The number of aromatic nitrogens is 1. The van der Waals surface area contributed by atoms with E-state index >= 15 is 0 Å². The maximum atomic E-state index is 13.3. The summed E-state index contributed by atoms with van der Waals surface area (Å²) < 4.78 is 32.5. The third kappa shape index (κ3) is 7.56. The number of piperidine rings is 1. The molecule has 2 aromatic rings. The van der Waals surface area contributed by atoms with E-state index in [0.717, 1.165) is 25.9 Å². The van der Waals surface area contributed by atoms with Gasteiger partial charge in [-0.05, 0) is 69.2 Å². The highest BCUT2D eigenvalue weighted by atomic mass is 32.2. The zero-order chi connectivity index (χ0) is 26.7. The number of carbonyl (C=O) groups is 1. The molecule has 1 aliphatic carbocycles. The van der Waals surface area contributed by atoms with Gasteiger partial charge < -0.3 is 25.2 Å². The first-order valence-corrected chi connectivity index (χ1v) is 14.3. The van der Waals surface area contributed by atoms with Crippen LogP contribution in [0.3, 0.4) is 0 Å². The van der Waals surface area contributed by atoms with Gasteiger partial charge in [-0.1, -0.05) is 6.07 Å². The summed E-state index contributed by atoms with van der Waals surface area (Å²) in [5.74, 6) is -0.120. The lowest BCUT2D eigenvalue weighted by Crippen LogP contribution is -2.35. The van der Waals surface area contributed by atoms with Gasteiger partial charge in [0.15, 0.2) is 0 Å². The molecule has 37 heavy (non-hydrogen) atoms. The van der Waals surface area contributed by atoms with Crippen LogP contribution in [-0.4, -0.2) is 67.2 Å². The first kappa shape index (κ1) is 27.2. The van der Waals surface area contributed by atoms with Gasteiger partial charge in [0, 0.05) is 25.6 Å². The van der Waals surface area contributed by atoms with Crippen molar-refractivity contribution in [2.45, 2.75) is 51.6 Å². The number of hydrogen-bond donors (Lipinski definition) is 4. The number of amides is 1. The van der Waals surface area contributed by atoms with Crippen LogP contribution in [0.15, 0.2) is 36.4 Å². The standard InChI is InChI=1S/C26H36N4O6S/c1-25(2,33)12-16-36-23-5-3-4-22(27-23)28-24(32)20-7-6-19(29-37(34,35)17-15-31)18-21(20)30-13-10-26(8-9-26)11-14-30/h3-7,18,29,31,33H,8-17H2,1-2H3,(H,27,28,32). The lowest BCUT2D eigenvalue weighted by Gasteiger charge is -2.35. The van der Waals surface area contributed by atoms with Crippen LogP contribution in [0.1, 0.15) is 56.3 Å². The van der Waals surface area contributed by atoms with Gasteiger partial charge in [0.2, 0.25) is 15.9 Å². The molecule has 1 aliphatic heterocycles. The molecule has 0 atom stereocenters. The van der Waals surface area contributed by atoms with E-state index in [4.69, 9.17) is 9.84 Å². The summed E-state index contributed by atoms with van der Waals surface area (Å²) >= 11 is 0. The molecule has 1 spiro atoms. The first-order valence-electron chi connectivity index (χ1n) is 12.6. The number of carbonyl (C=O) groups excluding carboxylic acids is 1. The Kier molecular flexibility index (Phi) is 7.96. The summed E-state index contributed by atoms with van der Waals surface area (Å²) in [5, 5.41) is 21.7. The van der Waals surface area contributed by atoms with Crippen molar-refractivity contribution >= 4 is 33.1 Å². The second-order valence-electron chi connectivity index (χ2n) is 10.6. The van der Waals surface area contributed by atoms with Crippen molar-refractivity contribution < 1.29 is 28.2 Å². The molecule has 0 radical (unpaired) electrons. The Morgan fingerprint density at radius 1 is 1.16 bits per heavy atom. The van der Waals surface area contributed by atoms with E-state index in [2.05, 4.69) is 19.9 Å². The van der Waals surface area contributed by atoms with E-state index in [0.29, 0.717) is 40.5 Å². The Bertz CT molecular complexity index is 1210. The van der Waals surface area contributed by atoms with Crippen LogP contribution in [0.25, 0.3) is 0 Å². The van der Waals surface area contributed by atoms with Crippen molar-refractivity contribution in [1.29, 1.82) is 0 Å². The predicted octanol–water partition coefficient (Wildman–Crippen LogP) is 2.99. The highest BCUT2D eigenvalue weighted by Crippen LogP contribution is 2.54. The summed E-state index contributed by atoms with van der Waals surface area (Å²) in [6.45, 7) is 4.78. The number of sulfonamides is 1. The maximum Gasteiger partial charge on any atom is 0.258 e. The highest BCUT2D eigenvalue weighted by Gasteiger charge is 2.44. The predicted molar refractivity (Wildman–Crippen MR) is 143 cm³/mol. The van der Waals surface area contributed by atoms with Gasteiger partial charge in [-0.3, -0.25) is 9.52 Å². The minimum Gasteiger partial charge on any atom is -0.477 e. The van der Waals surface area contributed by atoms with Gasteiger partial charge >= 0.3 is 0 Å². The maximum absolute atomic E-state index is 13.3. The minimum atomic E-state index is -3.70. The molecule has 2 fully saturated rings. The number of rotatable bonds is 11. The van der Waals surface area contributed by atoms with Crippen LogP contribution in [0.5, 0.6) is 5.88 Å². The fourth-order valence-electron chi connectivity index (χ4n) is 4.45. The van der Waals surface area contributed by atoms with Gasteiger partial charge in [0.25, 0.3) is 5.91 Å². The SMILES string of the molecule is CC(C)(O)CCOc1cccc(NC(=O)c2ccc(NS(=O)(=O)CCO)cc2N2CCC3(CC2)CC3)n1. The minimum absolute atomic E-state index is 0.280. The van der Waals surface area contributed by atoms with E-state index in [1.165, 1.54) is 12.8 Å². The summed E-state index contributed by atoms with van der Waals surface area (Å²) in [5.41, 5.74) is 0.983. The zero-order valence-electron chi connectivity index (χ0n) is 21.4. The van der Waals surface area contributed by atoms with Crippen molar-refractivity contribution in [2.24, 2.45) is 5.41 Å². The summed E-state index contributed by atoms with van der Waals surface area (Å²) in [4.78, 5) is 19.8. The smallest absolute Gasteiger partial charge is 0.258 e. The number of hydrogen-bond acceptors (Lipinski definition) is 8. The summed E-state index contributed by atoms with van der Waals surface area (Å²) in [6, 6.07) is 9.89. The first-order chi connectivity index (χ1) is 17.5. The van der Waals surface area contributed by atoms with E-state index in [1.807, 2.05) is 0 Å². The molecule has 10 nitrogen and oxygen atoms in total. The number of anilines is 3. The van der Waals surface area contributed by atoms with Crippen LogP contribution in [-0.2, 0) is 10.0 Å². The van der Waals surface area contributed by atoms with Gasteiger partial charge in [-0.15, -0.1) is 0 Å². The molecule has 1 saturated carbocycles. The Balaban J connectivity index is 1.52. The average Bonchev–Trinajstić information content (AvgIpc) is 3.57. The third-order valence-corrected chi connectivity index (χ3v) is 8.19. The molecule has 1 aromatic carbocycles. The van der Waals surface area contributed by atoms with E-state index in [-0.39, 0.29) is 12.5 Å². The van der Waals surface area contributed by atoms with E-state index in [9.17, 15) is 18.3 Å². The van der Waals surface area contributed by atoms with Gasteiger partial charge in [0.1, 0.15) is 5.82 Å². The highest BCUT2D eigenvalue weighted by molar-refractivity contribution is 7.92. The number of benzene rings is 1. The van der Waals surface area contributed by atoms with Crippen molar-refractivity contribution in [3.05, 3.63) is 42.0 Å². The second kappa shape index (κ2) is 10.8. The van der Waals surface area contributed by atoms with Crippen LogP contribution < -0.4 is 19.7 Å². The number of nitrogens with one attached hydrogen (secondary N) is 2. The van der Waals surface area contributed by atoms with Gasteiger partial charge in [0.05, 0.1) is 41.5 Å². The van der Waals surface area contributed by atoms with Crippen LogP contribution in [0, 0.1) is 5.41 Å². The van der Waals surface area contributed by atoms with Gasteiger partial charge in [-0.25, -0.2) is 8.42 Å². The molecule has 202 valence electrons. The number of aliphatic hydroxyl groups is 2. The molecule has 1 aromatic heterocycles. The molecular formula is C26H36N4O6S. The Labute approximate surface area is 218 Å².